The van der Waals surface area contributed by atoms with Gasteiger partial charge in [0.2, 0.25) is 0 Å². The number of anilines is 1. The summed E-state index contributed by atoms with van der Waals surface area (Å²) in [5.74, 6) is -1.81. The van der Waals surface area contributed by atoms with Crippen molar-refractivity contribution in [3.8, 4) is 0 Å². The van der Waals surface area contributed by atoms with Gasteiger partial charge in [-0.15, -0.1) is 0 Å². The van der Waals surface area contributed by atoms with Gasteiger partial charge in [0.1, 0.15) is 0 Å². The average Bonchev–Trinajstić information content (AvgIpc) is 2.61. The van der Waals surface area contributed by atoms with Crippen molar-refractivity contribution in [3.05, 3.63) is 70.2 Å². The van der Waals surface area contributed by atoms with Crippen LogP contribution in [0.3, 0.4) is 0 Å². The van der Waals surface area contributed by atoms with E-state index in [1.807, 2.05) is 36.4 Å². The van der Waals surface area contributed by atoms with Gasteiger partial charge in [0, 0.05) is 5.02 Å². The fourth-order valence-electron chi connectivity index (χ4n) is 1.78. The summed E-state index contributed by atoms with van der Waals surface area (Å²) in [6.45, 7) is 1.70. The second kappa shape index (κ2) is 9.01. The Morgan fingerprint density at radius 1 is 1.04 bits per heavy atom. The molecule has 2 aromatic carbocycles. The molecule has 0 unspecified atom stereocenters. The lowest BCUT2D eigenvalue weighted by atomic mass is 10.2. The minimum Gasteiger partial charge on any atom is -0.316 e. The van der Waals surface area contributed by atoms with E-state index in [0.717, 1.165) is 5.56 Å². The molecule has 0 radical (unpaired) electrons. The van der Waals surface area contributed by atoms with E-state index in [-0.39, 0.29) is 10.7 Å². The first-order valence-electron chi connectivity index (χ1n) is 7.29. The summed E-state index contributed by atoms with van der Waals surface area (Å²) in [6.07, 6.45) is 3.57. The average molecular weight is 376 g/mol. The molecule has 128 valence electrons. The van der Waals surface area contributed by atoms with Crippen LogP contribution in [0.2, 0.25) is 10.0 Å². The SMILES string of the molecule is CC(/C=C/c1ccccc1)=N/NC(=O)C(=O)Nc1cc(Cl)ccc1Cl. The predicted octanol–water partition coefficient (Wildman–Crippen LogP) is 4.14. The molecule has 0 atom stereocenters. The molecule has 0 spiro atoms. The maximum Gasteiger partial charge on any atom is 0.329 e. The van der Waals surface area contributed by atoms with Crippen LogP contribution in [0.5, 0.6) is 0 Å². The van der Waals surface area contributed by atoms with Crippen molar-refractivity contribution in [1.82, 2.24) is 5.43 Å². The number of rotatable bonds is 4. The molecule has 0 bridgehead atoms. The molecule has 2 rings (SSSR count). The van der Waals surface area contributed by atoms with Crippen molar-refractivity contribution in [2.24, 2.45) is 5.10 Å². The van der Waals surface area contributed by atoms with Gasteiger partial charge in [0.15, 0.2) is 0 Å². The minimum absolute atomic E-state index is 0.249. The largest absolute Gasteiger partial charge is 0.329 e. The number of allylic oxidation sites excluding steroid dienone is 1. The van der Waals surface area contributed by atoms with Crippen LogP contribution in [0.4, 0.5) is 5.69 Å². The van der Waals surface area contributed by atoms with E-state index in [4.69, 9.17) is 23.2 Å². The summed E-state index contributed by atoms with van der Waals surface area (Å²) < 4.78 is 0. The van der Waals surface area contributed by atoms with Gasteiger partial charge in [-0.25, -0.2) is 5.43 Å². The maximum absolute atomic E-state index is 11.9. The first-order valence-corrected chi connectivity index (χ1v) is 8.05. The molecular weight excluding hydrogens is 361 g/mol. The van der Waals surface area contributed by atoms with Gasteiger partial charge in [-0.05, 0) is 36.8 Å². The van der Waals surface area contributed by atoms with Crippen LogP contribution in [0.1, 0.15) is 12.5 Å². The second-order valence-corrected chi connectivity index (χ2v) is 5.86. The highest BCUT2D eigenvalue weighted by atomic mass is 35.5. The molecule has 2 aromatic rings. The van der Waals surface area contributed by atoms with E-state index < -0.39 is 11.8 Å². The molecule has 0 aliphatic heterocycles. The number of halogens is 2. The van der Waals surface area contributed by atoms with Crippen LogP contribution in [0, 0.1) is 0 Å². The molecule has 2 amide bonds. The van der Waals surface area contributed by atoms with Gasteiger partial charge >= 0.3 is 11.8 Å². The normalized spacial score (nSPS) is 11.4. The van der Waals surface area contributed by atoms with Gasteiger partial charge in [-0.2, -0.15) is 5.10 Å². The summed E-state index contributed by atoms with van der Waals surface area (Å²) in [5.41, 5.74) is 3.96. The Morgan fingerprint density at radius 3 is 2.48 bits per heavy atom. The number of carbonyl (C=O) groups is 2. The third-order valence-corrected chi connectivity index (χ3v) is 3.60. The van der Waals surface area contributed by atoms with Gasteiger partial charge < -0.3 is 5.32 Å². The number of hydrogen-bond acceptors (Lipinski definition) is 3. The summed E-state index contributed by atoms with van der Waals surface area (Å²) in [7, 11) is 0. The van der Waals surface area contributed by atoms with E-state index in [1.165, 1.54) is 12.1 Å². The molecular formula is C18H15Cl2N3O2. The van der Waals surface area contributed by atoms with E-state index in [9.17, 15) is 9.59 Å². The molecule has 5 nitrogen and oxygen atoms in total. The van der Waals surface area contributed by atoms with Crippen LogP contribution in [-0.2, 0) is 9.59 Å². The van der Waals surface area contributed by atoms with Crippen LogP contribution >= 0.6 is 23.2 Å². The van der Waals surface area contributed by atoms with Gasteiger partial charge in [-0.1, -0.05) is 59.6 Å². The lowest BCUT2D eigenvalue weighted by Gasteiger charge is -2.06. The highest BCUT2D eigenvalue weighted by Crippen LogP contribution is 2.25. The van der Waals surface area contributed by atoms with Crippen molar-refractivity contribution in [2.45, 2.75) is 6.92 Å². The van der Waals surface area contributed by atoms with Crippen molar-refractivity contribution in [3.63, 3.8) is 0 Å². The first kappa shape index (κ1) is 18.7. The van der Waals surface area contributed by atoms with Gasteiger partial charge in [0.05, 0.1) is 16.4 Å². The number of amides is 2. The summed E-state index contributed by atoms with van der Waals surface area (Å²) >= 11 is 11.8. The number of hydrazone groups is 1. The number of nitrogens with one attached hydrogen (secondary N) is 2. The summed E-state index contributed by atoms with van der Waals surface area (Å²) in [5, 5.41) is 6.89. The molecule has 2 N–H and O–H groups in total. The molecule has 0 heterocycles. The molecule has 0 aliphatic rings. The lowest BCUT2D eigenvalue weighted by molar-refractivity contribution is -0.136. The molecule has 0 aliphatic carbocycles. The Balaban J connectivity index is 1.93. The monoisotopic (exact) mass is 375 g/mol. The number of carbonyl (C=O) groups excluding carboxylic acids is 2. The first-order chi connectivity index (χ1) is 12.0. The Hall–Kier alpha value is -2.63. The third kappa shape index (κ3) is 6.06. The molecule has 0 aromatic heterocycles. The zero-order valence-corrected chi connectivity index (χ0v) is 14.8. The number of benzene rings is 2. The van der Waals surface area contributed by atoms with Crippen molar-refractivity contribution in [1.29, 1.82) is 0 Å². The van der Waals surface area contributed by atoms with E-state index >= 15 is 0 Å². The van der Waals surface area contributed by atoms with Crippen LogP contribution < -0.4 is 10.7 Å². The lowest BCUT2D eigenvalue weighted by Crippen LogP contribution is -2.32. The Bertz CT molecular complexity index is 833. The van der Waals surface area contributed by atoms with E-state index in [2.05, 4.69) is 15.8 Å². The van der Waals surface area contributed by atoms with Crippen molar-refractivity contribution >= 4 is 52.5 Å². The highest BCUT2D eigenvalue weighted by Gasteiger charge is 2.14. The van der Waals surface area contributed by atoms with Crippen LogP contribution in [0.15, 0.2) is 59.7 Å². The van der Waals surface area contributed by atoms with E-state index in [1.54, 1.807) is 19.1 Å². The van der Waals surface area contributed by atoms with Crippen molar-refractivity contribution in [2.75, 3.05) is 5.32 Å². The van der Waals surface area contributed by atoms with Gasteiger partial charge in [-0.3, -0.25) is 9.59 Å². The molecule has 25 heavy (non-hydrogen) atoms. The van der Waals surface area contributed by atoms with Crippen LogP contribution in [-0.4, -0.2) is 17.5 Å². The molecule has 0 fully saturated rings. The van der Waals surface area contributed by atoms with E-state index in [0.29, 0.717) is 10.7 Å². The zero-order valence-electron chi connectivity index (χ0n) is 13.3. The Kier molecular flexibility index (Phi) is 6.74. The number of hydrogen-bond donors (Lipinski definition) is 2. The smallest absolute Gasteiger partial charge is 0.316 e. The third-order valence-electron chi connectivity index (χ3n) is 3.03. The Labute approximate surface area is 155 Å². The summed E-state index contributed by atoms with van der Waals surface area (Å²) in [6, 6.07) is 14.2. The standard InChI is InChI=1S/C18H15Cl2N3O2/c1-12(7-8-13-5-3-2-4-6-13)22-23-18(25)17(24)21-16-11-14(19)9-10-15(16)20/h2-11H,1H3,(H,21,24)(H,23,25)/b8-7+,22-12-. The Morgan fingerprint density at radius 2 is 1.76 bits per heavy atom. The second-order valence-electron chi connectivity index (χ2n) is 5.02. The predicted molar refractivity (Wildman–Crippen MR) is 102 cm³/mol. The minimum atomic E-state index is -0.913. The molecule has 0 saturated carbocycles. The maximum atomic E-state index is 11.9. The topological polar surface area (TPSA) is 70.6 Å². The number of nitrogens with zero attached hydrogens (tertiary/aromatic N) is 1. The molecule has 7 heteroatoms. The quantitative estimate of drug-likeness (QED) is 0.478. The molecule has 0 saturated heterocycles. The fourth-order valence-corrected chi connectivity index (χ4v) is 2.12. The summed E-state index contributed by atoms with van der Waals surface area (Å²) in [4.78, 5) is 23.6. The van der Waals surface area contributed by atoms with Crippen molar-refractivity contribution < 1.29 is 9.59 Å². The fraction of sp³-hybridized carbons (Fsp3) is 0.0556. The van der Waals surface area contributed by atoms with Gasteiger partial charge in [0.25, 0.3) is 0 Å². The highest BCUT2D eigenvalue weighted by molar-refractivity contribution is 6.42. The zero-order chi connectivity index (χ0) is 18.2. The van der Waals surface area contributed by atoms with Crippen LogP contribution in [0.25, 0.3) is 6.08 Å².